The fourth-order valence-electron chi connectivity index (χ4n) is 2.21. The average molecular weight is 324 g/mol. The molecule has 0 saturated heterocycles. The lowest BCUT2D eigenvalue weighted by Crippen LogP contribution is -2.27. The van der Waals surface area contributed by atoms with Gasteiger partial charge in [0.25, 0.3) is 0 Å². The van der Waals surface area contributed by atoms with E-state index in [1.807, 2.05) is 32.0 Å². The van der Waals surface area contributed by atoms with E-state index in [1.165, 1.54) is 0 Å². The summed E-state index contributed by atoms with van der Waals surface area (Å²) in [5, 5.41) is 0. The first kappa shape index (κ1) is 16.2. The molecule has 1 heterocycles. The van der Waals surface area contributed by atoms with Gasteiger partial charge in [-0.2, -0.15) is 0 Å². The van der Waals surface area contributed by atoms with Crippen LogP contribution in [0.3, 0.4) is 0 Å². The number of hydrogen-bond donors (Lipinski definition) is 2. The van der Waals surface area contributed by atoms with Crippen LogP contribution in [0.25, 0.3) is 0 Å². The third kappa shape index (κ3) is 3.52. The lowest BCUT2D eigenvalue weighted by atomic mass is 10.1. The predicted molar refractivity (Wildman–Crippen MR) is 86.9 cm³/mol. The third-order valence-electron chi connectivity index (χ3n) is 3.43. The Morgan fingerprint density at radius 2 is 1.95 bits per heavy atom. The van der Waals surface area contributed by atoms with Crippen molar-refractivity contribution in [2.75, 3.05) is 0 Å². The molecule has 4 nitrogen and oxygen atoms in total. The van der Waals surface area contributed by atoms with E-state index in [0.717, 1.165) is 15.3 Å². The Hall–Kier alpha value is -1.21. The van der Waals surface area contributed by atoms with Crippen molar-refractivity contribution in [2.24, 2.45) is 5.73 Å². The van der Waals surface area contributed by atoms with Gasteiger partial charge in [-0.15, -0.1) is 11.3 Å². The quantitative estimate of drug-likeness (QED) is 0.888. The highest BCUT2D eigenvalue weighted by Crippen LogP contribution is 2.25. The van der Waals surface area contributed by atoms with E-state index >= 15 is 0 Å². The van der Waals surface area contributed by atoms with Gasteiger partial charge in [0.15, 0.2) is 0 Å². The molecule has 1 atom stereocenters. The monoisotopic (exact) mass is 324 g/mol. The highest BCUT2D eigenvalue weighted by molar-refractivity contribution is 7.89. The summed E-state index contributed by atoms with van der Waals surface area (Å²) in [5.74, 6) is 0. The molecule has 21 heavy (non-hydrogen) atoms. The Kier molecular flexibility index (Phi) is 4.83. The Morgan fingerprint density at radius 3 is 2.52 bits per heavy atom. The first-order valence-corrected chi connectivity index (χ1v) is 9.02. The third-order valence-corrected chi connectivity index (χ3v) is 6.29. The van der Waals surface area contributed by atoms with Crippen molar-refractivity contribution in [1.29, 1.82) is 0 Å². The van der Waals surface area contributed by atoms with Crippen molar-refractivity contribution in [3.63, 3.8) is 0 Å². The molecule has 2 rings (SSSR count). The normalized spacial score (nSPS) is 13.3. The van der Waals surface area contributed by atoms with Crippen LogP contribution in [0.4, 0.5) is 0 Å². The number of rotatable bonds is 5. The SMILES string of the molecule is Cc1ccc(C(C)NS(=O)(=O)c2cccc(CN)c2C)s1. The molecule has 3 N–H and O–H groups in total. The largest absolute Gasteiger partial charge is 0.326 e. The summed E-state index contributed by atoms with van der Waals surface area (Å²) in [6.45, 7) is 5.97. The van der Waals surface area contributed by atoms with E-state index in [9.17, 15) is 8.42 Å². The van der Waals surface area contributed by atoms with E-state index in [0.29, 0.717) is 17.0 Å². The Balaban J connectivity index is 2.30. The number of thiophene rings is 1. The molecule has 0 amide bonds. The van der Waals surface area contributed by atoms with E-state index in [2.05, 4.69) is 4.72 Å². The number of hydrogen-bond acceptors (Lipinski definition) is 4. The molecule has 2 aromatic rings. The van der Waals surface area contributed by atoms with Crippen molar-refractivity contribution < 1.29 is 8.42 Å². The molecule has 1 aromatic heterocycles. The maximum absolute atomic E-state index is 12.6. The number of nitrogens with two attached hydrogens (primary N) is 1. The van der Waals surface area contributed by atoms with Crippen molar-refractivity contribution in [3.05, 3.63) is 51.2 Å². The summed E-state index contributed by atoms with van der Waals surface area (Å²) in [7, 11) is -3.56. The molecule has 0 saturated carbocycles. The molecule has 1 unspecified atom stereocenters. The van der Waals surface area contributed by atoms with Crippen LogP contribution in [-0.2, 0) is 16.6 Å². The Labute approximate surface area is 130 Å². The molecule has 0 bridgehead atoms. The lowest BCUT2D eigenvalue weighted by Gasteiger charge is -2.15. The fourth-order valence-corrected chi connectivity index (χ4v) is 4.68. The fraction of sp³-hybridized carbons (Fsp3) is 0.333. The molecule has 0 aliphatic rings. The minimum absolute atomic E-state index is 0.255. The van der Waals surface area contributed by atoms with Gasteiger partial charge in [-0.1, -0.05) is 12.1 Å². The summed E-state index contributed by atoms with van der Waals surface area (Å²) in [6.07, 6.45) is 0. The van der Waals surface area contributed by atoms with E-state index < -0.39 is 10.0 Å². The van der Waals surface area contributed by atoms with Crippen molar-refractivity contribution in [2.45, 2.75) is 38.3 Å². The maximum Gasteiger partial charge on any atom is 0.241 e. The molecular weight excluding hydrogens is 304 g/mol. The van der Waals surface area contributed by atoms with Crippen molar-refractivity contribution in [3.8, 4) is 0 Å². The van der Waals surface area contributed by atoms with Gasteiger partial charge in [0.2, 0.25) is 10.0 Å². The molecule has 0 spiro atoms. The van der Waals surface area contributed by atoms with Crippen LogP contribution in [0.15, 0.2) is 35.2 Å². The van der Waals surface area contributed by atoms with Crippen LogP contribution in [0.1, 0.15) is 33.8 Å². The van der Waals surface area contributed by atoms with Gasteiger partial charge in [0.1, 0.15) is 0 Å². The molecule has 0 radical (unpaired) electrons. The zero-order valence-electron chi connectivity index (χ0n) is 12.4. The minimum Gasteiger partial charge on any atom is -0.326 e. The molecule has 6 heteroatoms. The van der Waals surface area contributed by atoms with Gasteiger partial charge >= 0.3 is 0 Å². The summed E-state index contributed by atoms with van der Waals surface area (Å²) in [5.41, 5.74) is 7.20. The zero-order valence-corrected chi connectivity index (χ0v) is 14.0. The average Bonchev–Trinajstić information content (AvgIpc) is 2.85. The molecule has 0 aliphatic carbocycles. The van der Waals surface area contributed by atoms with Crippen LogP contribution < -0.4 is 10.5 Å². The summed E-state index contributed by atoms with van der Waals surface area (Å²) < 4.78 is 27.9. The summed E-state index contributed by atoms with van der Waals surface area (Å²) in [4.78, 5) is 2.46. The predicted octanol–water partition coefficient (Wildman–Crippen LogP) is 2.86. The van der Waals surface area contributed by atoms with Gasteiger partial charge in [0.05, 0.1) is 10.9 Å². The van der Waals surface area contributed by atoms with Crippen molar-refractivity contribution >= 4 is 21.4 Å². The molecule has 1 aromatic carbocycles. The van der Waals surface area contributed by atoms with Gasteiger partial charge in [-0.25, -0.2) is 13.1 Å². The highest BCUT2D eigenvalue weighted by Gasteiger charge is 2.21. The second-order valence-corrected chi connectivity index (χ2v) is 8.04. The first-order chi connectivity index (χ1) is 9.85. The molecule has 0 aliphatic heterocycles. The van der Waals surface area contributed by atoms with Gasteiger partial charge in [0, 0.05) is 16.3 Å². The maximum atomic E-state index is 12.6. The van der Waals surface area contributed by atoms with E-state index in [1.54, 1.807) is 30.4 Å². The minimum atomic E-state index is -3.56. The molecule has 0 fully saturated rings. The lowest BCUT2D eigenvalue weighted by molar-refractivity contribution is 0.567. The topological polar surface area (TPSA) is 72.2 Å². The van der Waals surface area contributed by atoms with Crippen LogP contribution in [0.2, 0.25) is 0 Å². The van der Waals surface area contributed by atoms with Crippen LogP contribution in [-0.4, -0.2) is 8.42 Å². The Morgan fingerprint density at radius 1 is 1.24 bits per heavy atom. The first-order valence-electron chi connectivity index (χ1n) is 6.72. The molecule has 114 valence electrons. The van der Waals surface area contributed by atoms with Crippen LogP contribution in [0, 0.1) is 13.8 Å². The Bertz CT molecular complexity index is 736. The van der Waals surface area contributed by atoms with Gasteiger partial charge < -0.3 is 5.73 Å². The number of aryl methyl sites for hydroxylation is 1. The second-order valence-electron chi connectivity index (χ2n) is 5.04. The van der Waals surface area contributed by atoms with Crippen molar-refractivity contribution in [1.82, 2.24) is 4.72 Å². The van der Waals surface area contributed by atoms with Gasteiger partial charge in [-0.05, 0) is 50.1 Å². The van der Waals surface area contributed by atoms with Crippen LogP contribution in [0.5, 0.6) is 0 Å². The number of nitrogens with one attached hydrogen (secondary N) is 1. The standard InChI is InChI=1S/C15H20N2O2S2/c1-10-7-8-14(20-10)12(3)17-21(18,19)15-6-4-5-13(9-16)11(15)2/h4-8,12,17H,9,16H2,1-3H3. The second kappa shape index (κ2) is 6.27. The highest BCUT2D eigenvalue weighted by atomic mass is 32.2. The number of benzene rings is 1. The van der Waals surface area contributed by atoms with Crippen LogP contribution >= 0.6 is 11.3 Å². The zero-order chi connectivity index (χ0) is 15.6. The summed E-state index contributed by atoms with van der Waals surface area (Å²) in [6, 6.07) is 8.88. The van der Waals surface area contributed by atoms with Gasteiger partial charge in [-0.3, -0.25) is 0 Å². The summed E-state index contributed by atoms with van der Waals surface area (Å²) >= 11 is 1.60. The van der Waals surface area contributed by atoms with E-state index in [4.69, 9.17) is 5.73 Å². The molecular formula is C15H20N2O2S2. The van der Waals surface area contributed by atoms with E-state index in [-0.39, 0.29) is 6.04 Å². The smallest absolute Gasteiger partial charge is 0.241 e. The number of sulfonamides is 1.